The first-order chi connectivity index (χ1) is 6.08. The molecule has 5 nitrogen and oxygen atoms in total. The fraction of sp³-hybridized carbons (Fsp3) is 0.571. The average molecular weight is 199 g/mol. The average Bonchev–Trinajstić information content (AvgIpc) is 2.50. The van der Waals surface area contributed by atoms with Gasteiger partial charge in [-0.25, -0.2) is 0 Å². The summed E-state index contributed by atoms with van der Waals surface area (Å²) < 4.78 is 3.60. The van der Waals surface area contributed by atoms with Gasteiger partial charge in [0.05, 0.1) is 18.7 Å². The first-order valence-electron chi connectivity index (χ1n) is 3.87. The van der Waals surface area contributed by atoms with Gasteiger partial charge in [0.25, 0.3) is 5.91 Å². The van der Waals surface area contributed by atoms with E-state index in [4.69, 9.17) is 0 Å². The summed E-state index contributed by atoms with van der Waals surface area (Å²) in [6.07, 6.45) is 0. The molecule has 0 atom stereocenters. The molecule has 2 heterocycles. The number of aromatic nitrogens is 2. The van der Waals surface area contributed by atoms with Crippen molar-refractivity contribution in [2.24, 2.45) is 0 Å². The molecule has 6 heteroatoms. The van der Waals surface area contributed by atoms with Crippen LogP contribution in [0.2, 0.25) is 0 Å². The summed E-state index contributed by atoms with van der Waals surface area (Å²) in [5.41, 5.74) is -0.362. The first kappa shape index (κ1) is 8.58. The molecule has 70 valence electrons. The maximum absolute atomic E-state index is 11.5. The third kappa shape index (κ3) is 1.54. The second-order valence-electron chi connectivity index (χ2n) is 3.45. The van der Waals surface area contributed by atoms with Crippen LogP contribution in [0.3, 0.4) is 0 Å². The van der Waals surface area contributed by atoms with Crippen molar-refractivity contribution in [3.8, 4) is 0 Å². The van der Waals surface area contributed by atoms with Crippen LogP contribution in [0.25, 0.3) is 0 Å². The predicted octanol–water partition coefficient (Wildman–Crippen LogP) is -0.255. The molecule has 0 saturated carbocycles. The molecule has 0 aromatic carbocycles. The number of likely N-dealkylation sites (tertiary alicyclic amines) is 1. The Hall–Kier alpha value is -1.01. The largest absolute Gasteiger partial charge is 0.386 e. The molecule has 1 amide bonds. The van der Waals surface area contributed by atoms with Gasteiger partial charge in [0, 0.05) is 5.38 Å². The van der Waals surface area contributed by atoms with Gasteiger partial charge in [-0.3, -0.25) is 4.79 Å². The Bertz CT molecular complexity index is 314. The van der Waals surface area contributed by atoms with E-state index in [2.05, 4.69) is 9.59 Å². The normalized spacial score (nSPS) is 19.7. The maximum atomic E-state index is 11.5. The van der Waals surface area contributed by atoms with Crippen LogP contribution < -0.4 is 0 Å². The monoisotopic (exact) mass is 199 g/mol. The number of hydrogen-bond donors (Lipinski definition) is 1. The minimum atomic E-state index is -0.723. The van der Waals surface area contributed by atoms with Crippen molar-refractivity contribution < 1.29 is 9.90 Å². The van der Waals surface area contributed by atoms with Crippen LogP contribution in [-0.4, -0.2) is 44.2 Å². The predicted molar refractivity (Wildman–Crippen MR) is 46.4 cm³/mol. The molecular weight excluding hydrogens is 190 g/mol. The third-order valence-corrected chi connectivity index (χ3v) is 2.43. The highest BCUT2D eigenvalue weighted by Gasteiger charge is 2.40. The molecule has 1 aliphatic heterocycles. The van der Waals surface area contributed by atoms with Crippen LogP contribution in [0.15, 0.2) is 5.38 Å². The lowest BCUT2D eigenvalue weighted by atomic mass is 9.97. The molecular formula is C7H9N3O2S. The van der Waals surface area contributed by atoms with Crippen LogP contribution >= 0.6 is 11.5 Å². The number of β-amino-alcohol motifs (C(OH)–C–C–N with tert-alkyl or cyclic N) is 1. The van der Waals surface area contributed by atoms with Crippen LogP contribution in [-0.2, 0) is 0 Å². The smallest absolute Gasteiger partial charge is 0.275 e. The van der Waals surface area contributed by atoms with Crippen molar-refractivity contribution in [1.82, 2.24) is 14.5 Å². The summed E-state index contributed by atoms with van der Waals surface area (Å²) in [6.45, 7) is 2.46. The SMILES string of the molecule is CC1(O)CN(C(=O)c2csnn2)C1. The summed E-state index contributed by atoms with van der Waals surface area (Å²) in [5, 5.41) is 14.7. The van der Waals surface area contributed by atoms with Gasteiger partial charge in [-0.2, -0.15) is 0 Å². The minimum absolute atomic E-state index is 0.153. The van der Waals surface area contributed by atoms with E-state index in [1.54, 1.807) is 17.2 Å². The second kappa shape index (κ2) is 2.74. The number of nitrogens with zero attached hydrogens (tertiary/aromatic N) is 3. The Morgan fingerprint density at radius 1 is 1.77 bits per heavy atom. The fourth-order valence-corrected chi connectivity index (χ4v) is 1.77. The molecule has 0 bridgehead atoms. The molecule has 1 aromatic heterocycles. The zero-order valence-electron chi connectivity index (χ0n) is 7.10. The van der Waals surface area contributed by atoms with E-state index in [1.807, 2.05) is 0 Å². The second-order valence-corrected chi connectivity index (χ2v) is 4.06. The van der Waals surface area contributed by atoms with Crippen molar-refractivity contribution in [3.63, 3.8) is 0 Å². The lowest BCUT2D eigenvalue weighted by Crippen LogP contribution is -2.61. The molecule has 1 fully saturated rings. The van der Waals surface area contributed by atoms with Crippen LogP contribution in [0.5, 0.6) is 0 Å². The van der Waals surface area contributed by atoms with Gasteiger partial charge in [-0.05, 0) is 18.5 Å². The number of aliphatic hydroxyl groups is 1. The Kier molecular flexibility index (Phi) is 1.81. The Morgan fingerprint density at radius 3 is 2.92 bits per heavy atom. The van der Waals surface area contributed by atoms with Crippen LogP contribution in [0, 0.1) is 0 Å². The number of hydrogen-bond acceptors (Lipinski definition) is 5. The van der Waals surface area contributed by atoms with Gasteiger partial charge in [0.1, 0.15) is 0 Å². The molecule has 1 saturated heterocycles. The van der Waals surface area contributed by atoms with E-state index in [1.165, 1.54) is 0 Å². The van der Waals surface area contributed by atoms with E-state index in [-0.39, 0.29) is 5.91 Å². The van der Waals surface area contributed by atoms with Gasteiger partial charge in [-0.1, -0.05) is 4.49 Å². The summed E-state index contributed by atoms with van der Waals surface area (Å²) in [7, 11) is 0. The topological polar surface area (TPSA) is 66.3 Å². The summed E-state index contributed by atoms with van der Waals surface area (Å²) in [5.74, 6) is -0.153. The molecule has 2 rings (SSSR count). The third-order valence-electron chi connectivity index (χ3n) is 1.93. The molecule has 0 unspecified atom stereocenters. The van der Waals surface area contributed by atoms with E-state index in [0.29, 0.717) is 18.8 Å². The number of amides is 1. The van der Waals surface area contributed by atoms with Crippen molar-refractivity contribution in [2.45, 2.75) is 12.5 Å². The Labute approximate surface area is 79.2 Å². The first-order valence-corrected chi connectivity index (χ1v) is 4.71. The molecule has 0 radical (unpaired) electrons. The number of carbonyl (C=O) groups excluding carboxylic acids is 1. The van der Waals surface area contributed by atoms with Gasteiger partial charge < -0.3 is 10.0 Å². The summed E-state index contributed by atoms with van der Waals surface area (Å²) in [6, 6.07) is 0. The zero-order chi connectivity index (χ0) is 9.47. The van der Waals surface area contributed by atoms with E-state index < -0.39 is 5.60 Å². The molecule has 1 aromatic rings. The van der Waals surface area contributed by atoms with Gasteiger partial charge in [0.2, 0.25) is 0 Å². The van der Waals surface area contributed by atoms with Crippen LogP contribution in [0.1, 0.15) is 17.4 Å². The van der Waals surface area contributed by atoms with Gasteiger partial charge in [-0.15, -0.1) is 5.10 Å². The molecule has 1 aliphatic rings. The Balaban J connectivity index is 2.02. The molecule has 1 N–H and O–H groups in total. The fourth-order valence-electron chi connectivity index (χ4n) is 1.34. The minimum Gasteiger partial charge on any atom is -0.386 e. The van der Waals surface area contributed by atoms with Crippen molar-refractivity contribution >= 4 is 17.4 Å². The standard InChI is InChI=1S/C7H9N3O2S/c1-7(12)3-10(4-7)6(11)5-2-13-9-8-5/h2,12H,3-4H2,1H3. The molecule has 0 aliphatic carbocycles. The lowest BCUT2D eigenvalue weighted by molar-refractivity contribution is -0.0670. The molecule has 13 heavy (non-hydrogen) atoms. The van der Waals surface area contributed by atoms with Gasteiger partial charge in [0.15, 0.2) is 5.69 Å². The van der Waals surface area contributed by atoms with E-state index in [0.717, 1.165) is 11.5 Å². The summed E-state index contributed by atoms with van der Waals surface area (Å²) >= 11 is 1.15. The highest BCUT2D eigenvalue weighted by atomic mass is 32.1. The van der Waals surface area contributed by atoms with Crippen molar-refractivity contribution in [3.05, 3.63) is 11.1 Å². The lowest BCUT2D eigenvalue weighted by Gasteiger charge is -2.43. The summed E-state index contributed by atoms with van der Waals surface area (Å²) in [4.78, 5) is 13.0. The Morgan fingerprint density at radius 2 is 2.46 bits per heavy atom. The highest BCUT2D eigenvalue weighted by Crippen LogP contribution is 2.21. The maximum Gasteiger partial charge on any atom is 0.275 e. The van der Waals surface area contributed by atoms with Gasteiger partial charge >= 0.3 is 0 Å². The zero-order valence-corrected chi connectivity index (χ0v) is 7.91. The van der Waals surface area contributed by atoms with Crippen molar-refractivity contribution in [1.29, 1.82) is 0 Å². The quantitative estimate of drug-likeness (QED) is 0.677. The molecule has 0 spiro atoms. The van der Waals surface area contributed by atoms with E-state index >= 15 is 0 Å². The number of rotatable bonds is 1. The van der Waals surface area contributed by atoms with E-state index in [9.17, 15) is 9.90 Å². The van der Waals surface area contributed by atoms with Crippen molar-refractivity contribution in [2.75, 3.05) is 13.1 Å². The number of carbonyl (C=O) groups is 1. The van der Waals surface area contributed by atoms with Crippen LogP contribution in [0.4, 0.5) is 0 Å². The highest BCUT2D eigenvalue weighted by molar-refractivity contribution is 7.03.